The van der Waals surface area contributed by atoms with E-state index in [4.69, 9.17) is 9.47 Å². The second-order valence-corrected chi connectivity index (χ2v) is 9.81. The minimum Gasteiger partial charge on any atom is -0.506 e. The van der Waals surface area contributed by atoms with Gasteiger partial charge in [-0.2, -0.15) is 12.6 Å². The van der Waals surface area contributed by atoms with E-state index in [1.54, 1.807) is 24.3 Å². The highest BCUT2D eigenvalue weighted by Gasteiger charge is 2.37. The summed E-state index contributed by atoms with van der Waals surface area (Å²) in [5, 5.41) is 13.4. The van der Waals surface area contributed by atoms with Gasteiger partial charge in [0, 0.05) is 21.1 Å². The van der Waals surface area contributed by atoms with Gasteiger partial charge in [-0.1, -0.05) is 47.5 Å². The molecule has 0 heterocycles. The molecule has 0 unspecified atom stereocenters. The van der Waals surface area contributed by atoms with Crippen LogP contribution in [0.25, 0.3) is 0 Å². The van der Waals surface area contributed by atoms with E-state index in [2.05, 4.69) is 49.8 Å². The molecule has 0 fully saturated rings. The van der Waals surface area contributed by atoms with Crippen molar-refractivity contribution < 1.29 is 24.2 Å². The molecular weight excluding hydrogens is 550 g/mol. The molecule has 0 saturated carbocycles. The standard InChI is InChI=1S/C22H25Br2NO5S/c1-13-4-6-15(7-5-13)25-21(28)30-20(16-10-14(23)11-17(24)19(16)27)22(2,3)8-9-29-18(26)12-31/h4-7,10-11,20,27,31H,8-9,12H2,1-3H3,(H,25,28)/t20-/m0/s1. The molecule has 9 heteroatoms. The number of thiol groups is 1. The Labute approximate surface area is 204 Å². The summed E-state index contributed by atoms with van der Waals surface area (Å²) in [6.07, 6.45) is -1.11. The number of phenols is 1. The summed E-state index contributed by atoms with van der Waals surface area (Å²) in [7, 11) is 0. The number of carbonyl (C=O) groups is 2. The molecule has 2 aromatic rings. The third-order valence-electron chi connectivity index (χ3n) is 4.71. The van der Waals surface area contributed by atoms with Gasteiger partial charge >= 0.3 is 12.1 Å². The van der Waals surface area contributed by atoms with E-state index in [1.165, 1.54) is 0 Å². The molecule has 6 nitrogen and oxygen atoms in total. The highest BCUT2D eigenvalue weighted by Crippen LogP contribution is 2.46. The molecule has 0 aromatic heterocycles. The molecule has 0 saturated heterocycles. The van der Waals surface area contributed by atoms with E-state index in [0.717, 1.165) is 5.56 Å². The quantitative estimate of drug-likeness (QED) is 0.251. The molecule has 168 valence electrons. The van der Waals surface area contributed by atoms with Crippen LogP contribution in [0.3, 0.4) is 0 Å². The SMILES string of the molecule is Cc1ccc(NC(=O)O[C@@H](c2cc(Br)cc(Br)c2O)C(C)(C)CCOC(=O)CS)cc1. The van der Waals surface area contributed by atoms with Crippen molar-refractivity contribution >= 4 is 62.2 Å². The van der Waals surface area contributed by atoms with E-state index < -0.39 is 23.6 Å². The van der Waals surface area contributed by atoms with Crippen LogP contribution in [0.15, 0.2) is 45.3 Å². The first kappa shape index (κ1) is 25.5. The van der Waals surface area contributed by atoms with Gasteiger partial charge in [-0.25, -0.2) is 4.79 Å². The Balaban J connectivity index is 2.30. The summed E-state index contributed by atoms with van der Waals surface area (Å²) < 4.78 is 12.1. The van der Waals surface area contributed by atoms with Gasteiger partial charge in [-0.3, -0.25) is 10.1 Å². The average molecular weight is 575 g/mol. The van der Waals surface area contributed by atoms with Gasteiger partial charge in [-0.15, -0.1) is 0 Å². The fourth-order valence-electron chi connectivity index (χ4n) is 2.93. The molecule has 0 bridgehead atoms. The van der Waals surface area contributed by atoms with E-state index in [0.29, 0.717) is 26.6 Å². The number of aromatic hydroxyl groups is 1. The smallest absolute Gasteiger partial charge is 0.412 e. The van der Waals surface area contributed by atoms with Crippen molar-refractivity contribution in [2.75, 3.05) is 17.7 Å². The summed E-state index contributed by atoms with van der Waals surface area (Å²) in [5.74, 6) is -0.475. The van der Waals surface area contributed by atoms with Crippen LogP contribution in [0, 0.1) is 12.3 Å². The second-order valence-electron chi connectivity index (χ2n) is 7.72. The molecule has 1 atom stereocenters. The van der Waals surface area contributed by atoms with Crippen LogP contribution < -0.4 is 5.32 Å². The maximum Gasteiger partial charge on any atom is 0.412 e. The van der Waals surface area contributed by atoms with Crippen molar-refractivity contribution in [2.24, 2.45) is 5.41 Å². The van der Waals surface area contributed by atoms with Gasteiger partial charge < -0.3 is 14.6 Å². The average Bonchev–Trinajstić information content (AvgIpc) is 2.70. The number of aryl methyl sites for hydroxylation is 1. The largest absolute Gasteiger partial charge is 0.506 e. The second kappa shape index (κ2) is 11.2. The summed E-state index contributed by atoms with van der Waals surface area (Å²) in [4.78, 5) is 24.1. The van der Waals surface area contributed by atoms with Crippen molar-refractivity contribution in [3.8, 4) is 5.75 Å². The lowest BCUT2D eigenvalue weighted by molar-refractivity contribution is -0.141. The lowest BCUT2D eigenvalue weighted by Crippen LogP contribution is -2.30. The first-order valence-electron chi connectivity index (χ1n) is 9.52. The maximum atomic E-state index is 12.7. The zero-order valence-electron chi connectivity index (χ0n) is 17.4. The summed E-state index contributed by atoms with van der Waals surface area (Å²) in [5.41, 5.74) is 1.40. The fourth-order valence-corrected chi connectivity index (χ4v) is 4.28. The Bertz CT molecular complexity index is 934. The minimum atomic E-state index is -0.832. The van der Waals surface area contributed by atoms with Crippen molar-refractivity contribution in [1.29, 1.82) is 0 Å². The van der Waals surface area contributed by atoms with E-state index in [1.807, 2.05) is 32.9 Å². The van der Waals surface area contributed by atoms with Crippen molar-refractivity contribution in [3.63, 3.8) is 0 Å². The van der Waals surface area contributed by atoms with Crippen LogP contribution in [0.1, 0.15) is 37.5 Å². The lowest BCUT2D eigenvalue weighted by Gasteiger charge is -2.34. The first-order chi connectivity index (χ1) is 14.5. The van der Waals surface area contributed by atoms with E-state index in [9.17, 15) is 14.7 Å². The summed E-state index contributed by atoms with van der Waals surface area (Å²) in [6, 6.07) is 10.7. The number of ether oxygens (including phenoxy) is 2. The van der Waals surface area contributed by atoms with Crippen molar-refractivity contribution in [2.45, 2.75) is 33.3 Å². The third kappa shape index (κ3) is 7.43. The van der Waals surface area contributed by atoms with Gasteiger partial charge in [0.1, 0.15) is 11.9 Å². The molecule has 0 aliphatic carbocycles. The van der Waals surface area contributed by atoms with Crippen molar-refractivity contribution in [3.05, 3.63) is 56.5 Å². The van der Waals surface area contributed by atoms with Crippen LogP contribution in [0.4, 0.5) is 10.5 Å². The summed E-state index contributed by atoms with van der Waals surface area (Å²) >= 11 is 10.6. The number of halogens is 2. The molecule has 0 aliphatic heterocycles. The molecule has 0 spiro atoms. The number of benzene rings is 2. The van der Waals surface area contributed by atoms with Crippen LogP contribution in [0.2, 0.25) is 0 Å². The maximum absolute atomic E-state index is 12.7. The van der Waals surface area contributed by atoms with E-state index in [-0.39, 0.29) is 18.1 Å². The number of nitrogens with one attached hydrogen (secondary N) is 1. The topological polar surface area (TPSA) is 84.9 Å². The Morgan fingerprint density at radius 2 is 1.84 bits per heavy atom. The molecule has 2 aromatic carbocycles. The lowest BCUT2D eigenvalue weighted by atomic mass is 9.79. The molecule has 0 radical (unpaired) electrons. The molecular formula is C22H25Br2NO5S. The van der Waals surface area contributed by atoms with Gasteiger partial charge in [0.2, 0.25) is 0 Å². The van der Waals surface area contributed by atoms with Gasteiger partial charge in [0.05, 0.1) is 16.8 Å². The molecule has 1 amide bonds. The summed E-state index contributed by atoms with van der Waals surface area (Å²) in [6.45, 7) is 5.83. The number of esters is 1. The minimum absolute atomic E-state index is 0.0152. The zero-order chi connectivity index (χ0) is 23.2. The fraction of sp³-hybridized carbons (Fsp3) is 0.364. The van der Waals surface area contributed by atoms with Gasteiger partial charge in [-0.05, 0) is 53.5 Å². The highest BCUT2D eigenvalue weighted by atomic mass is 79.9. The zero-order valence-corrected chi connectivity index (χ0v) is 21.5. The van der Waals surface area contributed by atoms with Crippen molar-refractivity contribution in [1.82, 2.24) is 0 Å². The molecule has 2 N–H and O–H groups in total. The molecule has 2 rings (SSSR count). The first-order valence-corrected chi connectivity index (χ1v) is 11.7. The number of amides is 1. The predicted octanol–water partition coefficient (Wildman–Crippen LogP) is 6.40. The number of carbonyl (C=O) groups excluding carboxylic acids is 2. The Morgan fingerprint density at radius 3 is 2.45 bits per heavy atom. The molecule has 0 aliphatic rings. The number of rotatable bonds is 8. The number of hydrogen-bond donors (Lipinski definition) is 3. The Hall–Kier alpha value is -1.71. The van der Waals surface area contributed by atoms with Crippen LogP contribution in [-0.4, -0.2) is 29.5 Å². The normalized spacial score (nSPS) is 12.2. The van der Waals surface area contributed by atoms with Crippen LogP contribution in [-0.2, 0) is 14.3 Å². The van der Waals surface area contributed by atoms with Gasteiger partial charge in [0.25, 0.3) is 0 Å². The third-order valence-corrected chi connectivity index (χ3v) is 6.03. The Morgan fingerprint density at radius 1 is 1.19 bits per heavy atom. The van der Waals surface area contributed by atoms with E-state index >= 15 is 0 Å². The number of hydrogen-bond acceptors (Lipinski definition) is 6. The number of phenolic OH excluding ortho intramolecular Hbond substituents is 1. The van der Waals surface area contributed by atoms with Crippen LogP contribution >= 0.6 is 44.5 Å². The highest BCUT2D eigenvalue weighted by molar-refractivity contribution is 9.11. The predicted molar refractivity (Wildman–Crippen MR) is 131 cm³/mol. The van der Waals surface area contributed by atoms with Crippen LogP contribution in [0.5, 0.6) is 5.75 Å². The monoisotopic (exact) mass is 573 g/mol. The molecule has 31 heavy (non-hydrogen) atoms. The van der Waals surface area contributed by atoms with Gasteiger partial charge in [0.15, 0.2) is 0 Å². The number of anilines is 1. The Kier molecular flexibility index (Phi) is 9.27.